The van der Waals surface area contributed by atoms with Gasteiger partial charge in [0, 0.05) is 33.0 Å². The summed E-state index contributed by atoms with van der Waals surface area (Å²) in [4.78, 5) is 0. The van der Waals surface area contributed by atoms with Gasteiger partial charge in [-0.3, -0.25) is 0 Å². The van der Waals surface area contributed by atoms with Crippen molar-refractivity contribution in [2.75, 3.05) is 0 Å². The van der Waals surface area contributed by atoms with Crippen molar-refractivity contribution in [2.24, 2.45) is 0 Å². The van der Waals surface area contributed by atoms with Crippen molar-refractivity contribution in [3.8, 4) is 23.7 Å². The molecule has 0 aliphatic rings. The van der Waals surface area contributed by atoms with E-state index in [0.29, 0.717) is 0 Å². The lowest BCUT2D eigenvalue weighted by molar-refractivity contribution is 0.619. The van der Waals surface area contributed by atoms with Gasteiger partial charge in [0.2, 0.25) is 0 Å². The fraction of sp³-hybridized carbons (Fsp3) is 0. The summed E-state index contributed by atoms with van der Waals surface area (Å²) in [6.45, 7) is 0. The van der Waals surface area contributed by atoms with Crippen molar-refractivity contribution < 1.29 is 4.42 Å². The van der Waals surface area contributed by atoms with Gasteiger partial charge in [-0.25, -0.2) is 0 Å². The van der Waals surface area contributed by atoms with Crippen molar-refractivity contribution in [2.45, 2.75) is 0 Å². The van der Waals surface area contributed by atoms with E-state index in [-0.39, 0.29) is 0 Å². The third kappa shape index (κ3) is 3.63. The maximum absolute atomic E-state index is 5.88. The number of rotatable bonds is 0. The average Bonchev–Trinajstić information content (AvgIpc) is 3.38. The summed E-state index contributed by atoms with van der Waals surface area (Å²) in [5, 5.41) is 5.63. The van der Waals surface area contributed by atoms with Crippen LogP contribution in [0.25, 0.3) is 32.5 Å². The molecule has 1 heteroatoms. The number of hydrogen-bond acceptors (Lipinski definition) is 1. The molecule has 0 bridgehead atoms. The Kier molecular flexibility index (Phi) is 4.65. The molecule has 0 spiro atoms. The van der Waals surface area contributed by atoms with Crippen LogP contribution in [0.2, 0.25) is 0 Å². The molecule has 33 heavy (non-hydrogen) atoms. The molecule has 6 aromatic rings. The predicted molar refractivity (Wildman–Crippen MR) is 136 cm³/mol. The largest absolute Gasteiger partial charge is 0.464 e. The van der Waals surface area contributed by atoms with E-state index in [2.05, 4.69) is 60.1 Å². The Balaban J connectivity index is 1.55. The minimum atomic E-state index is 0.906. The minimum Gasteiger partial charge on any atom is -0.464 e. The molecule has 0 N–H and O–H groups in total. The Hall–Kier alpha value is -4.72. The van der Waals surface area contributed by atoms with Crippen LogP contribution in [0, 0.1) is 23.7 Å². The zero-order chi connectivity index (χ0) is 22.0. The van der Waals surface area contributed by atoms with Crippen LogP contribution in [-0.2, 0) is 0 Å². The maximum Gasteiger partial charge on any atom is 0.142 e. The molecule has 0 saturated heterocycles. The lowest BCUT2D eigenvalue weighted by Crippen LogP contribution is -1.85. The molecule has 1 heterocycles. The van der Waals surface area contributed by atoms with Crippen molar-refractivity contribution in [3.63, 3.8) is 0 Å². The molecular formula is C32H18O. The first kappa shape index (κ1) is 19.0. The predicted octanol–water partition coefficient (Wildman–Crippen LogP) is 7.54. The van der Waals surface area contributed by atoms with Gasteiger partial charge in [-0.15, -0.1) is 0 Å². The summed E-state index contributed by atoms with van der Waals surface area (Å²) < 4.78 is 5.88. The Labute approximate surface area is 192 Å². The van der Waals surface area contributed by atoms with Gasteiger partial charge < -0.3 is 4.42 Å². The lowest BCUT2D eigenvalue weighted by Gasteiger charge is -2.07. The van der Waals surface area contributed by atoms with Gasteiger partial charge in [-0.1, -0.05) is 66.1 Å². The average molecular weight is 418 g/mol. The molecule has 152 valence electrons. The topological polar surface area (TPSA) is 13.1 Å². The van der Waals surface area contributed by atoms with Crippen LogP contribution >= 0.6 is 0 Å². The molecular weight excluding hydrogens is 400 g/mol. The first-order valence-electron chi connectivity index (χ1n) is 10.9. The molecule has 6 rings (SSSR count). The van der Waals surface area contributed by atoms with Crippen molar-refractivity contribution in [1.82, 2.24) is 0 Å². The second kappa shape index (κ2) is 8.08. The molecule has 0 saturated carbocycles. The van der Waals surface area contributed by atoms with Crippen molar-refractivity contribution in [1.29, 1.82) is 0 Å². The molecule has 1 nitrogen and oxygen atoms in total. The van der Waals surface area contributed by atoms with Crippen LogP contribution < -0.4 is 0 Å². The summed E-state index contributed by atoms with van der Waals surface area (Å²) in [5.41, 5.74) is 4.87. The lowest BCUT2D eigenvalue weighted by atomic mass is 9.95. The quantitative estimate of drug-likeness (QED) is 0.183. The second-order valence-electron chi connectivity index (χ2n) is 7.92. The Bertz CT molecular complexity index is 1620. The zero-order valence-corrected chi connectivity index (χ0v) is 17.8. The number of fused-ring (bicyclic) bond motifs is 6. The highest BCUT2D eigenvalue weighted by atomic mass is 16.3. The number of benzene rings is 5. The molecule has 5 aromatic carbocycles. The first-order valence-corrected chi connectivity index (χ1v) is 10.9. The molecule has 0 radical (unpaired) electrons. The Morgan fingerprint density at radius 2 is 0.879 bits per heavy atom. The Morgan fingerprint density at radius 3 is 1.48 bits per heavy atom. The Morgan fingerprint density at radius 1 is 0.394 bits per heavy atom. The highest BCUT2D eigenvalue weighted by Gasteiger charge is 2.11. The molecule has 0 unspecified atom stereocenters. The van der Waals surface area contributed by atoms with E-state index in [0.717, 1.165) is 54.8 Å². The van der Waals surface area contributed by atoms with E-state index in [1.54, 1.807) is 6.26 Å². The van der Waals surface area contributed by atoms with E-state index in [1.165, 1.54) is 0 Å². The van der Waals surface area contributed by atoms with E-state index in [1.807, 2.05) is 66.7 Å². The van der Waals surface area contributed by atoms with Gasteiger partial charge in [-0.2, -0.15) is 0 Å². The third-order valence-corrected chi connectivity index (χ3v) is 5.78. The zero-order valence-electron chi connectivity index (χ0n) is 17.8. The molecule has 0 aliphatic carbocycles. The molecule has 0 aliphatic heterocycles. The van der Waals surface area contributed by atoms with E-state index < -0.39 is 0 Å². The van der Waals surface area contributed by atoms with Crippen LogP contribution in [0.5, 0.6) is 0 Å². The van der Waals surface area contributed by atoms with Crippen LogP contribution in [0.3, 0.4) is 0 Å². The molecule has 0 amide bonds. The van der Waals surface area contributed by atoms with Crippen LogP contribution in [-0.4, -0.2) is 0 Å². The molecule has 0 atom stereocenters. The van der Waals surface area contributed by atoms with Gasteiger partial charge in [0.15, 0.2) is 0 Å². The fourth-order valence-electron chi connectivity index (χ4n) is 4.18. The van der Waals surface area contributed by atoms with Crippen LogP contribution in [0.4, 0.5) is 0 Å². The van der Waals surface area contributed by atoms with Gasteiger partial charge in [-0.05, 0) is 76.8 Å². The summed E-state index contributed by atoms with van der Waals surface area (Å²) in [7, 11) is 0. The van der Waals surface area contributed by atoms with Gasteiger partial charge in [0.1, 0.15) is 5.58 Å². The van der Waals surface area contributed by atoms with Crippen LogP contribution in [0.1, 0.15) is 22.3 Å². The summed E-state index contributed by atoms with van der Waals surface area (Å²) >= 11 is 0. The minimum absolute atomic E-state index is 0.906. The smallest absolute Gasteiger partial charge is 0.142 e. The molecule has 1 aromatic heterocycles. The number of furan rings is 1. The van der Waals surface area contributed by atoms with Crippen molar-refractivity contribution in [3.05, 3.63) is 132 Å². The standard InChI is InChI=1S/C32H18O/c1-3-7-23(8-4-1)11-13-25-15-17-27-29-19-20-33-32(29)28-18-16-26(22-31(28)30(27)21-25)14-12-24-9-5-2-6-10-24/h1-10,15-22H. The van der Waals surface area contributed by atoms with E-state index >= 15 is 0 Å². The van der Waals surface area contributed by atoms with E-state index in [4.69, 9.17) is 4.42 Å². The van der Waals surface area contributed by atoms with Crippen LogP contribution in [0.15, 0.2) is 114 Å². The maximum atomic E-state index is 5.88. The SMILES string of the molecule is C(#Cc1ccc2c(c1)c1cc(C#Cc3ccccc3)ccc1c1occc21)c1ccccc1. The number of hydrogen-bond donors (Lipinski definition) is 0. The fourth-order valence-corrected chi connectivity index (χ4v) is 4.18. The highest BCUT2D eigenvalue weighted by molar-refractivity contribution is 6.24. The summed E-state index contributed by atoms with van der Waals surface area (Å²) in [6.07, 6.45) is 1.76. The normalized spacial score (nSPS) is 10.5. The van der Waals surface area contributed by atoms with Crippen molar-refractivity contribution >= 4 is 32.5 Å². The first-order chi connectivity index (χ1) is 16.3. The van der Waals surface area contributed by atoms with Gasteiger partial charge in [0.05, 0.1) is 6.26 Å². The van der Waals surface area contributed by atoms with Gasteiger partial charge in [0.25, 0.3) is 0 Å². The highest BCUT2D eigenvalue weighted by Crippen LogP contribution is 2.36. The summed E-state index contributed by atoms with van der Waals surface area (Å²) in [6, 6.07) is 34.9. The second-order valence-corrected chi connectivity index (χ2v) is 7.92. The summed E-state index contributed by atoms with van der Waals surface area (Å²) in [5.74, 6) is 13.2. The van der Waals surface area contributed by atoms with Gasteiger partial charge >= 0.3 is 0 Å². The van der Waals surface area contributed by atoms with E-state index in [9.17, 15) is 0 Å². The monoisotopic (exact) mass is 418 g/mol. The third-order valence-electron chi connectivity index (χ3n) is 5.78. The molecule has 0 fully saturated rings.